The van der Waals surface area contributed by atoms with E-state index in [-0.39, 0.29) is 5.91 Å². The molecule has 1 amide bonds. The number of nitrogens with one attached hydrogen (secondary N) is 1. The topological polar surface area (TPSA) is 54.9 Å². The summed E-state index contributed by atoms with van der Waals surface area (Å²) >= 11 is 4.83. The van der Waals surface area contributed by atoms with Crippen LogP contribution in [0.2, 0.25) is 0 Å². The maximum atomic E-state index is 12.4. The Morgan fingerprint density at radius 1 is 1.35 bits per heavy atom. The summed E-state index contributed by atoms with van der Waals surface area (Å²) in [4.78, 5) is 21.8. The standard InChI is InChI=1S/C14H10BrN3OS/c1-8-6-16-14-12(17-8)9(7-20-14)13(19)18-11-5-3-2-4-10(11)15/h2-7H,1H3,(H,18,19). The predicted octanol–water partition coefficient (Wildman–Crippen LogP) is 4.01. The van der Waals surface area contributed by atoms with Crippen LogP contribution in [0.3, 0.4) is 0 Å². The zero-order valence-corrected chi connectivity index (χ0v) is 13.0. The first-order valence-corrected chi connectivity index (χ1v) is 7.59. The van der Waals surface area contributed by atoms with Gasteiger partial charge in [-0.1, -0.05) is 12.1 Å². The Balaban J connectivity index is 1.97. The van der Waals surface area contributed by atoms with E-state index in [1.165, 1.54) is 11.3 Å². The van der Waals surface area contributed by atoms with Gasteiger partial charge in [-0.15, -0.1) is 11.3 Å². The molecule has 6 heteroatoms. The Hall–Kier alpha value is -1.79. The fraction of sp³-hybridized carbons (Fsp3) is 0.0714. The Morgan fingerprint density at radius 3 is 2.95 bits per heavy atom. The molecule has 1 aromatic carbocycles. The second-order valence-corrected chi connectivity index (χ2v) is 5.96. The number of hydrogen-bond acceptors (Lipinski definition) is 4. The summed E-state index contributed by atoms with van der Waals surface area (Å²) in [5.74, 6) is -0.178. The molecule has 0 fully saturated rings. The Labute approximate surface area is 128 Å². The number of para-hydroxylation sites is 1. The number of benzene rings is 1. The fourth-order valence-electron chi connectivity index (χ4n) is 1.81. The van der Waals surface area contributed by atoms with Crippen molar-refractivity contribution in [2.45, 2.75) is 6.92 Å². The van der Waals surface area contributed by atoms with Gasteiger partial charge in [0, 0.05) is 16.0 Å². The number of carbonyl (C=O) groups excluding carboxylic acids is 1. The van der Waals surface area contributed by atoms with E-state index in [1.807, 2.05) is 31.2 Å². The van der Waals surface area contributed by atoms with Crippen LogP contribution in [-0.2, 0) is 0 Å². The average Bonchev–Trinajstić information content (AvgIpc) is 2.84. The molecular formula is C14H10BrN3OS. The van der Waals surface area contributed by atoms with Gasteiger partial charge in [0.2, 0.25) is 0 Å². The molecule has 0 saturated carbocycles. The quantitative estimate of drug-likeness (QED) is 0.761. The number of carbonyl (C=O) groups is 1. The van der Waals surface area contributed by atoms with Crippen LogP contribution in [0.4, 0.5) is 5.69 Å². The van der Waals surface area contributed by atoms with Gasteiger partial charge < -0.3 is 5.32 Å². The van der Waals surface area contributed by atoms with Crippen LogP contribution in [0.25, 0.3) is 10.3 Å². The Kier molecular flexibility index (Phi) is 3.50. The van der Waals surface area contributed by atoms with Crippen LogP contribution in [0, 0.1) is 6.92 Å². The molecule has 1 N–H and O–H groups in total. The van der Waals surface area contributed by atoms with Crippen LogP contribution < -0.4 is 5.32 Å². The molecule has 0 unspecified atom stereocenters. The molecule has 0 spiro atoms. The van der Waals surface area contributed by atoms with Gasteiger partial charge in [-0.2, -0.15) is 0 Å². The first-order chi connectivity index (χ1) is 9.65. The van der Waals surface area contributed by atoms with Gasteiger partial charge in [0.15, 0.2) is 0 Å². The molecule has 4 nitrogen and oxygen atoms in total. The molecule has 3 aromatic rings. The summed E-state index contributed by atoms with van der Waals surface area (Å²) in [5.41, 5.74) is 2.74. The van der Waals surface area contributed by atoms with Crippen LogP contribution >= 0.6 is 27.3 Å². The molecule has 100 valence electrons. The lowest BCUT2D eigenvalue weighted by Crippen LogP contribution is -2.12. The summed E-state index contributed by atoms with van der Waals surface area (Å²) in [7, 11) is 0. The molecule has 20 heavy (non-hydrogen) atoms. The van der Waals surface area contributed by atoms with Crippen molar-refractivity contribution in [2.24, 2.45) is 0 Å². The maximum Gasteiger partial charge on any atom is 0.258 e. The predicted molar refractivity (Wildman–Crippen MR) is 84.2 cm³/mol. The average molecular weight is 348 g/mol. The van der Waals surface area contributed by atoms with E-state index in [0.717, 1.165) is 20.7 Å². The molecule has 3 rings (SSSR count). The van der Waals surface area contributed by atoms with Crippen molar-refractivity contribution in [3.05, 3.63) is 51.6 Å². The maximum absolute atomic E-state index is 12.4. The highest BCUT2D eigenvalue weighted by atomic mass is 79.9. The van der Waals surface area contributed by atoms with Crippen LogP contribution in [0.5, 0.6) is 0 Å². The molecule has 0 aliphatic rings. The second kappa shape index (κ2) is 5.30. The Morgan fingerprint density at radius 2 is 2.15 bits per heavy atom. The second-order valence-electron chi connectivity index (χ2n) is 4.25. The normalized spacial score (nSPS) is 10.7. The lowest BCUT2D eigenvalue weighted by Gasteiger charge is -2.06. The van der Waals surface area contributed by atoms with E-state index in [9.17, 15) is 4.79 Å². The minimum Gasteiger partial charge on any atom is -0.321 e. The van der Waals surface area contributed by atoms with Gasteiger partial charge in [0.1, 0.15) is 10.3 Å². The molecule has 0 bridgehead atoms. The van der Waals surface area contributed by atoms with Gasteiger partial charge >= 0.3 is 0 Å². The monoisotopic (exact) mass is 347 g/mol. The fourth-order valence-corrected chi connectivity index (χ4v) is 3.02. The molecule has 2 aromatic heterocycles. The minimum absolute atomic E-state index is 0.178. The van der Waals surface area contributed by atoms with E-state index < -0.39 is 0 Å². The molecule has 0 saturated heterocycles. The summed E-state index contributed by atoms with van der Waals surface area (Å²) < 4.78 is 0.843. The number of halogens is 1. The number of aromatic nitrogens is 2. The lowest BCUT2D eigenvalue weighted by molar-refractivity contribution is 0.102. The highest BCUT2D eigenvalue weighted by molar-refractivity contribution is 9.10. The van der Waals surface area contributed by atoms with Crippen molar-refractivity contribution in [3.63, 3.8) is 0 Å². The summed E-state index contributed by atoms with van der Waals surface area (Å²) in [6.07, 6.45) is 1.70. The van der Waals surface area contributed by atoms with Crippen molar-refractivity contribution < 1.29 is 4.79 Å². The molecular weight excluding hydrogens is 338 g/mol. The van der Waals surface area contributed by atoms with Crippen molar-refractivity contribution in [1.82, 2.24) is 9.97 Å². The number of thiophene rings is 1. The first kappa shape index (κ1) is 13.2. The van der Waals surface area contributed by atoms with E-state index in [1.54, 1.807) is 11.6 Å². The summed E-state index contributed by atoms with van der Waals surface area (Å²) in [6.45, 7) is 1.86. The zero-order chi connectivity index (χ0) is 14.1. The summed E-state index contributed by atoms with van der Waals surface area (Å²) in [6, 6.07) is 7.49. The molecule has 0 atom stereocenters. The van der Waals surface area contributed by atoms with Crippen molar-refractivity contribution in [3.8, 4) is 0 Å². The molecule has 0 radical (unpaired) electrons. The van der Waals surface area contributed by atoms with E-state index in [0.29, 0.717) is 11.1 Å². The minimum atomic E-state index is -0.178. The third-order valence-electron chi connectivity index (χ3n) is 2.77. The van der Waals surface area contributed by atoms with E-state index in [4.69, 9.17) is 0 Å². The highest BCUT2D eigenvalue weighted by Crippen LogP contribution is 2.26. The van der Waals surface area contributed by atoms with Gasteiger partial charge in [-0.25, -0.2) is 9.97 Å². The number of nitrogens with zero attached hydrogens (tertiary/aromatic N) is 2. The van der Waals surface area contributed by atoms with Crippen LogP contribution in [-0.4, -0.2) is 15.9 Å². The number of amides is 1. The number of rotatable bonds is 2. The van der Waals surface area contributed by atoms with Crippen LogP contribution in [0.1, 0.15) is 16.1 Å². The van der Waals surface area contributed by atoms with Gasteiger partial charge in [-0.3, -0.25) is 4.79 Å². The van der Waals surface area contributed by atoms with E-state index in [2.05, 4.69) is 31.2 Å². The third kappa shape index (κ3) is 2.44. The molecule has 2 heterocycles. The zero-order valence-electron chi connectivity index (χ0n) is 10.6. The highest BCUT2D eigenvalue weighted by Gasteiger charge is 2.15. The lowest BCUT2D eigenvalue weighted by atomic mass is 10.2. The molecule has 0 aliphatic carbocycles. The number of hydrogen-bond donors (Lipinski definition) is 1. The largest absolute Gasteiger partial charge is 0.321 e. The van der Waals surface area contributed by atoms with Crippen molar-refractivity contribution >= 4 is 49.2 Å². The smallest absolute Gasteiger partial charge is 0.258 e. The Bertz CT molecular complexity index is 800. The number of aryl methyl sites for hydroxylation is 1. The van der Waals surface area contributed by atoms with Gasteiger partial charge in [0.25, 0.3) is 5.91 Å². The third-order valence-corrected chi connectivity index (χ3v) is 4.34. The van der Waals surface area contributed by atoms with Gasteiger partial charge in [-0.05, 0) is 35.0 Å². The SMILES string of the molecule is Cc1cnc2scc(C(=O)Nc3ccccc3Br)c2n1. The number of anilines is 1. The van der Waals surface area contributed by atoms with Crippen LogP contribution in [0.15, 0.2) is 40.3 Å². The number of fused-ring (bicyclic) bond motifs is 1. The summed E-state index contributed by atoms with van der Waals surface area (Å²) in [5, 5.41) is 4.67. The van der Waals surface area contributed by atoms with Crippen molar-refractivity contribution in [2.75, 3.05) is 5.32 Å². The van der Waals surface area contributed by atoms with Crippen molar-refractivity contribution in [1.29, 1.82) is 0 Å². The van der Waals surface area contributed by atoms with E-state index >= 15 is 0 Å². The molecule has 0 aliphatic heterocycles. The first-order valence-electron chi connectivity index (χ1n) is 5.92. The van der Waals surface area contributed by atoms with Gasteiger partial charge in [0.05, 0.1) is 16.9 Å².